The van der Waals surface area contributed by atoms with E-state index in [1.165, 1.54) is 21.4 Å². The Morgan fingerprint density at radius 3 is 2.48 bits per heavy atom. The lowest BCUT2D eigenvalue weighted by Crippen LogP contribution is -2.09. The molecule has 3 rings (SSSR count). The second-order valence-corrected chi connectivity index (χ2v) is 7.94. The van der Waals surface area contributed by atoms with Crippen molar-refractivity contribution in [1.29, 1.82) is 0 Å². The van der Waals surface area contributed by atoms with Crippen LogP contribution in [0.5, 0.6) is 0 Å². The summed E-state index contributed by atoms with van der Waals surface area (Å²) in [6.45, 7) is 8.88. The van der Waals surface area contributed by atoms with Crippen molar-refractivity contribution in [3.63, 3.8) is 0 Å². The summed E-state index contributed by atoms with van der Waals surface area (Å²) >= 11 is 1.66. The second kappa shape index (κ2) is 7.36. The first-order chi connectivity index (χ1) is 12.0. The number of hydrazone groups is 1. The summed E-state index contributed by atoms with van der Waals surface area (Å²) < 4.78 is 1.18. The molecule has 0 bridgehead atoms. The Labute approximate surface area is 154 Å². The van der Waals surface area contributed by atoms with Crippen LogP contribution >= 0.6 is 11.3 Å². The summed E-state index contributed by atoms with van der Waals surface area (Å²) in [5, 5.41) is 7.42. The van der Waals surface area contributed by atoms with Gasteiger partial charge in [0.25, 0.3) is 0 Å². The Kier molecular flexibility index (Phi) is 5.19. The van der Waals surface area contributed by atoms with E-state index in [1.54, 1.807) is 11.3 Å². The predicted molar refractivity (Wildman–Crippen MR) is 110 cm³/mol. The first-order valence-electron chi connectivity index (χ1n) is 8.73. The van der Waals surface area contributed by atoms with Gasteiger partial charge in [-0.15, -0.1) is 0 Å². The van der Waals surface area contributed by atoms with E-state index in [-0.39, 0.29) is 0 Å². The molecular formula is C21H25N3S. The van der Waals surface area contributed by atoms with Crippen molar-refractivity contribution in [2.45, 2.75) is 39.5 Å². The zero-order chi connectivity index (χ0) is 18.0. The highest BCUT2D eigenvalue weighted by Crippen LogP contribution is 2.28. The number of hydrogen-bond acceptors (Lipinski definition) is 4. The van der Waals surface area contributed by atoms with Gasteiger partial charge in [-0.2, -0.15) is 5.10 Å². The fraction of sp³-hybridized carbons (Fsp3) is 0.333. The molecule has 3 aromatic rings. The SMILES string of the molecule is CC(C)c1ccc(C(C)C)c(/C=N/N(C)c2nc3ccccc3s2)c1. The molecule has 2 aromatic carbocycles. The van der Waals surface area contributed by atoms with Crippen LogP contribution in [-0.4, -0.2) is 18.2 Å². The Morgan fingerprint density at radius 1 is 1.04 bits per heavy atom. The van der Waals surface area contributed by atoms with Gasteiger partial charge in [-0.25, -0.2) is 9.99 Å². The zero-order valence-corrected chi connectivity index (χ0v) is 16.3. The van der Waals surface area contributed by atoms with E-state index in [0.717, 1.165) is 10.6 Å². The Morgan fingerprint density at radius 2 is 1.80 bits per heavy atom. The number of hydrogen-bond donors (Lipinski definition) is 0. The maximum Gasteiger partial charge on any atom is 0.206 e. The van der Waals surface area contributed by atoms with Crippen LogP contribution in [0.1, 0.15) is 56.2 Å². The van der Waals surface area contributed by atoms with Crippen molar-refractivity contribution in [1.82, 2.24) is 4.98 Å². The van der Waals surface area contributed by atoms with Crippen molar-refractivity contribution in [2.24, 2.45) is 5.10 Å². The largest absolute Gasteiger partial charge is 0.242 e. The van der Waals surface area contributed by atoms with Crippen molar-refractivity contribution < 1.29 is 0 Å². The molecule has 3 nitrogen and oxygen atoms in total. The molecule has 0 radical (unpaired) electrons. The molecule has 0 amide bonds. The van der Waals surface area contributed by atoms with Gasteiger partial charge in [-0.05, 0) is 46.7 Å². The normalized spacial score (nSPS) is 12.0. The highest BCUT2D eigenvalue weighted by atomic mass is 32.1. The lowest BCUT2D eigenvalue weighted by atomic mass is 9.92. The summed E-state index contributed by atoms with van der Waals surface area (Å²) in [7, 11) is 1.95. The summed E-state index contributed by atoms with van der Waals surface area (Å²) in [6, 6.07) is 14.9. The van der Waals surface area contributed by atoms with Crippen LogP contribution in [0.4, 0.5) is 5.13 Å². The standard InChI is InChI=1S/C21H25N3S/c1-14(2)16-10-11-18(15(3)4)17(12-16)13-22-24(5)21-23-19-8-6-7-9-20(19)25-21/h6-15H,1-5H3/b22-13+. The first-order valence-corrected chi connectivity index (χ1v) is 9.54. The van der Waals surface area contributed by atoms with Gasteiger partial charge >= 0.3 is 0 Å². The number of nitrogens with zero attached hydrogens (tertiary/aromatic N) is 3. The minimum absolute atomic E-state index is 0.468. The molecule has 25 heavy (non-hydrogen) atoms. The number of fused-ring (bicyclic) bond motifs is 1. The second-order valence-electron chi connectivity index (χ2n) is 6.93. The third-order valence-electron chi connectivity index (χ3n) is 4.33. The molecule has 130 valence electrons. The molecule has 0 aliphatic heterocycles. The number of aromatic nitrogens is 1. The van der Waals surface area contributed by atoms with E-state index in [2.05, 4.69) is 62.0 Å². The molecule has 0 N–H and O–H groups in total. The molecule has 1 aromatic heterocycles. The highest BCUT2D eigenvalue weighted by Gasteiger charge is 2.10. The monoisotopic (exact) mass is 351 g/mol. The number of anilines is 1. The van der Waals surface area contributed by atoms with Gasteiger partial charge in [-0.3, -0.25) is 0 Å². The molecule has 0 atom stereocenters. The number of rotatable bonds is 5. The topological polar surface area (TPSA) is 28.5 Å². The third kappa shape index (κ3) is 3.90. The van der Waals surface area contributed by atoms with E-state index >= 15 is 0 Å². The third-order valence-corrected chi connectivity index (χ3v) is 5.43. The molecule has 0 unspecified atom stereocenters. The van der Waals surface area contributed by atoms with Crippen molar-refractivity contribution >= 4 is 32.9 Å². The number of para-hydroxylation sites is 1. The van der Waals surface area contributed by atoms with Gasteiger partial charge in [-0.1, -0.05) is 63.3 Å². The van der Waals surface area contributed by atoms with Crippen LogP contribution in [-0.2, 0) is 0 Å². The average Bonchev–Trinajstić information content (AvgIpc) is 3.03. The Hall–Kier alpha value is -2.20. The van der Waals surface area contributed by atoms with Gasteiger partial charge in [0.15, 0.2) is 0 Å². The molecular weight excluding hydrogens is 326 g/mol. The summed E-state index contributed by atoms with van der Waals surface area (Å²) in [5.74, 6) is 0.978. The summed E-state index contributed by atoms with van der Waals surface area (Å²) in [4.78, 5) is 4.66. The van der Waals surface area contributed by atoms with Gasteiger partial charge in [0.1, 0.15) is 0 Å². The van der Waals surface area contributed by atoms with Gasteiger partial charge in [0, 0.05) is 7.05 Å². The highest BCUT2D eigenvalue weighted by molar-refractivity contribution is 7.22. The smallest absolute Gasteiger partial charge is 0.206 e. The first kappa shape index (κ1) is 17.6. The maximum absolute atomic E-state index is 4.66. The van der Waals surface area contributed by atoms with Crippen LogP contribution in [0.25, 0.3) is 10.2 Å². The molecule has 0 aliphatic carbocycles. The minimum Gasteiger partial charge on any atom is -0.242 e. The molecule has 0 spiro atoms. The van der Waals surface area contributed by atoms with Crippen LogP contribution in [0.15, 0.2) is 47.6 Å². The van der Waals surface area contributed by atoms with Crippen LogP contribution in [0.3, 0.4) is 0 Å². The Bertz CT molecular complexity index is 860. The van der Waals surface area contributed by atoms with Gasteiger partial charge < -0.3 is 0 Å². The van der Waals surface area contributed by atoms with Gasteiger partial charge in [0.2, 0.25) is 5.13 Å². The van der Waals surface area contributed by atoms with E-state index in [9.17, 15) is 0 Å². The lowest BCUT2D eigenvalue weighted by Gasteiger charge is -2.14. The van der Waals surface area contributed by atoms with Crippen LogP contribution in [0, 0.1) is 0 Å². The summed E-state index contributed by atoms with van der Waals surface area (Å²) in [6.07, 6.45) is 1.97. The predicted octanol–water partition coefficient (Wildman–Crippen LogP) is 6.01. The van der Waals surface area contributed by atoms with Gasteiger partial charge in [0.05, 0.1) is 16.4 Å². The lowest BCUT2D eigenvalue weighted by molar-refractivity contribution is 0.842. The quantitative estimate of drug-likeness (QED) is 0.416. The Balaban J connectivity index is 1.90. The van der Waals surface area contributed by atoms with Crippen LogP contribution in [0.2, 0.25) is 0 Å². The fourth-order valence-electron chi connectivity index (χ4n) is 2.79. The molecule has 0 saturated carbocycles. The number of benzene rings is 2. The molecule has 0 fully saturated rings. The molecule has 4 heteroatoms. The maximum atomic E-state index is 4.66. The van der Waals surface area contributed by atoms with E-state index in [1.807, 2.05) is 36.5 Å². The molecule has 1 heterocycles. The average molecular weight is 352 g/mol. The van der Waals surface area contributed by atoms with Crippen molar-refractivity contribution in [2.75, 3.05) is 12.1 Å². The molecule has 0 aliphatic rings. The van der Waals surface area contributed by atoms with E-state index in [0.29, 0.717) is 11.8 Å². The van der Waals surface area contributed by atoms with Crippen molar-refractivity contribution in [3.05, 3.63) is 59.2 Å². The van der Waals surface area contributed by atoms with E-state index in [4.69, 9.17) is 0 Å². The van der Waals surface area contributed by atoms with Crippen LogP contribution < -0.4 is 5.01 Å². The summed E-state index contributed by atoms with van der Waals surface area (Å²) in [5.41, 5.74) is 4.88. The molecule has 0 saturated heterocycles. The fourth-order valence-corrected chi connectivity index (χ4v) is 3.67. The van der Waals surface area contributed by atoms with E-state index < -0.39 is 0 Å². The van der Waals surface area contributed by atoms with Crippen molar-refractivity contribution in [3.8, 4) is 0 Å². The number of thiazole rings is 1. The minimum atomic E-state index is 0.468. The zero-order valence-electron chi connectivity index (χ0n) is 15.5.